The quantitative estimate of drug-likeness (QED) is 0.531. The summed E-state index contributed by atoms with van der Waals surface area (Å²) < 4.78 is 17.0. The molecule has 5 atom stereocenters. The molecule has 0 saturated heterocycles. The van der Waals surface area contributed by atoms with Gasteiger partial charge in [-0.3, -0.25) is 0 Å². The molecule has 2 saturated carbocycles. The van der Waals surface area contributed by atoms with Gasteiger partial charge in [-0.1, -0.05) is 26.2 Å². The van der Waals surface area contributed by atoms with Crippen LogP contribution in [0.1, 0.15) is 45.4 Å². The van der Waals surface area contributed by atoms with Crippen molar-refractivity contribution in [3.05, 3.63) is 0 Å². The predicted molar refractivity (Wildman–Crippen MR) is 76.8 cm³/mol. The third-order valence-electron chi connectivity index (χ3n) is 4.46. The third kappa shape index (κ3) is 4.32. The van der Waals surface area contributed by atoms with Crippen LogP contribution >= 0.6 is 11.6 Å². The highest BCUT2D eigenvalue weighted by molar-refractivity contribution is 6.21. The lowest BCUT2D eigenvalue weighted by molar-refractivity contribution is -0.160. The highest BCUT2D eigenvalue weighted by atomic mass is 35.5. The minimum absolute atomic E-state index is 0.0545. The zero-order chi connectivity index (χ0) is 13.7. The molecule has 0 N–H and O–H groups in total. The molecule has 0 aromatic rings. The molecule has 2 rings (SSSR count). The molecule has 3 nitrogen and oxygen atoms in total. The first-order valence-corrected chi connectivity index (χ1v) is 8.08. The molecular weight excluding hydrogens is 264 g/mol. The van der Waals surface area contributed by atoms with Gasteiger partial charge in [-0.15, -0.1) is 11.6 Å². The molecule has 19 heavy (non-hydrogen) atoms. The molecule has 0 aromatic heterocycles. The lowest BCUT2D eigenvalue weighted by Crippen LogP contribution is -2.53. The molecule has 2 fully saturated rings. The molecule has 0 heterocycles. The van der Waals surface area contributed by atoms with Crippen molar-refractivity contribution in [2.75, 3.05) is 20.3 Å². The van der Waals surface area contributed by atoms with Gasteiger partial charge in [-0.25, -0.2) is 0 Å². The summed E-state index contributed by atoms with van der Waals surface area (Å²) in [6.07, 6.45) is 7.95. The standard InChI is InChI=1S/C15H27ClO3/c1-3-11-5-4-6-12(9-11)19-14-10-13(16)15(14)18-8-7-17-2/h11-15H,3-10H2,1-2H3. The SMILES string of the molecule is CCC1CCCC(OC2CC(Cl)C2OCCOC)C1. The fourth-order valence-corrected chi connectivity index (χ4v) is 3.53. The lowest BCUT2D eigenvalue weighted by Gasteiger charge is -2.43. The fourth-order valence-electron chi connectivity index (χ4n) is 3.12. The van der Waals surface area contributed by atoms with Crippen molar-refractivity contribution in [3.63, 3.8) is 0 Å². The molecule has 112 valence electrons. The van der Waals surface area contributed by atoms with Gasteiger partial charge in [-0.2, -0.15) is 0 Å². The first-order valence-electron chi connectivity index (χ1n) is 7.64. The Hall–Kier alpha value is 0.170. The Morgan fingerprint density at radius 2 is 2.00 bits per heavy atom. The number of hydrogen-bond acceptors (Lipinski definition) is 3. The zero-order valence-electron chi connectivity index (χ0n) is 12.1. The van der Waals surface area contributed by atoms with Crippen molar-refractivity contribution < 1.29 is 14.2 Å². The van der Waals surface area contributed by atoms with E-state index in [-0.39, 0.29) is 17.6 Å². The van der Waals surface area contributed by atoms with E-state index >= 15 is 0 Å². The first kappa shape index (κ1) is 15.6. The molecule has 0 aliphatic heterocycles. The van der Waals surface area contributed by atoms with Gasteiger partial charge in [0.1, 0.15) is 6.10 Å². The Morgan fingerprint density at radius 1 is 1.16 bits per heavy atom. The van der Waals surface area contributed by atoms with Gasteiger partial charge in [0, 0.05) is 7.11 Å². The minimum atomic E-state index is 0.0545. The summed E-state index contributed by atoms with van der Waals surface area (Å²) in [5, 5.41) is 0.104. The minimum Gasteiger partial charge on any atom is -0.382 e. The molecule has 0 bridgehead atoms. The van der Waals surface area contributed by atoms with Crippen LogP contribution in [0.5, 0.6) is 0 Å². The van der Waals surface area contributed by atoms with Crippen LogP contribution in [0.4, 0.5) is 0 Å². The molecule has 0 aromatic carbocycles. The number of halogens is 1. The van der Waals surface area contributed by atoms with Gasteiger partial charge in [0.25, 0.3) is 0 Å². The van der Waals surface area contributed by atoms with Crippen molar-refractivity contribution in [2.24, 2.45) is 5.92 Å². The fraction of sp³-hybridized carbons (Fsp3) is 1.00. The summed E-state index contributed by atoms with van der Waals surface area (Å²) in [6.45, 7) is 3.50. The van der Waals surface area contributed by atoms with E-state index in [1.54, 1.807) is 7.11 Å². The van der Waals surface area contributed by atoms with Gasteiger partial charge < -0.3 is 14.2 Å². The van der Waals surface area contributed by atoms with E-state index in [0.29, 0.717) is 19.3 Å². The van der Waals surface area contributed by atoms with Crippen LogP contribution in [0.3, 0.4) is 0 Å². The number of methoxy groups -OCH3 is 1. The maximum Gasteiger partial charge on any atom is 0.100 e. The van der Waals surface area contributed by atoms with Crippen LogP contribution in [0, 0.1) is 5.92 Å². The summed E-state index contributed by atoms with van der Waals surface area (Å²) in [4.78, 5) is 0. The number of ether oxygens (including phenoxy) is 3. The largest absolute Gasteiger partial charge is 0.382 e. The monoisotopic (exact) mass is 290 g/mol. The maximum atomic E-state index is 6.22. The number of alkyl halides is 1. The molecule has 0 amide bonds. The molecule has 0 radical (unpaired) electrons. The number of hydrogen-bond donors (Lipinski definition) is 0. The summed E-state index contributed by atoms with van der Waals surface area (Å²) in [6, 6.07) is 0. The highest BCUT2D eigenvalue weighted by Gasteiger charge is 2.43. The third-order valence-corrected chi connectivity index (χ3v) is 4.88. The van der Waals surface area contributed by atoms with E-state index < -0.39 is 0 Å². The Labute approximate surface area is 121 Å². The van der Waals surface area contributed by atoms with E-state index in [4.69, 9.17) is 25.8 Å². The van der Waals surface area contributed by atoms with Crippen LogP contribution in [-0.4, -0.2) is 44.0 Å². The van der Waals surface area contributed by atoms with E-state index in [0.717, 1.165) is 12.3 Å². The van der Waals surface area contributed by atoms with Gasteiger partial charge in [0.2, 0.25) is 0 Å². The van der Waals surface area contributed by atoms with Crippen LogP contribution in [0.15, 0.2) is 0 Å². The van der Waals surface area contributed by atoms with Crippen LogP contribution in [0.25, 0.3) is 0 Å². The average molecular weight is 291 g/mol. The van der Waals surface area contributed by atoms with Crippen molar-refractivity contribution in [1.29, 1.82) is 0 Å². The van der Waals surface area contributed by atoms with Crippen molar-refractivity contribution in [2.45, 2.75) is 69.1 Å². The zero-order valence-corrected chi connectivity index (χ0v) is 12.9. The van der Waals surface area contributed by atoms with Crippen LogP contribution < -0.4 is 0 Å². The Balaban J connectivity index is 1.72. The smallest absolute Gasteiger partial charge is 0.100 e. The molecule has 4 heteroatoms. The summed E-state index contributed by atoms with van der Waals surface area (Å²) >= 11 is 6.22. The molecular formula is C15H27ClO3. The average Bonchev–Trinajstić information content (AvgIpc) is 2.43. The highest BCUT2D eigenvalue weighted by Crippen LogP contribution is 2.36. The van der Waals surface area contributed by atoms with E-state index in [2.05, 4.69) is 6.92 Å². The van der Waals surface area contributed by atoms with E-state index in [1.807, 2.05) is 0 Å². The van der Waals surface area contributed by atoms with Crippen molar-refractivity contribution >= 4 is 11.6 Å². The topological polar surface area (TPSA) is 27.7 Å². The van der Waals surface area contributed by atoms with E-state index in [1.165, 1.54) is 32.1 Å². The summed E-state index contributed by atoms with van der Waals surface area (Å²) in [5.41, 5.74) is 0. The summed E-state index contributed by atoms with van der Waals surface area (Å²) in [7, 11) is 1.68. The predicted octanol–water partition coefficient (Wildman–Crippen LogP) is 3.38. The van der Waals surface area contributed by atoms with Gasteiger partial charge in [0.05, 0.1) is 30.8 Å². The summed E-state index contributed by atoms with van der Waals surface area (Å²) in [5.74, 6) is 0.846. The van der Waals surface area contributed by atoms with E-state index in [9.17, 15) is 0 Å². The molecule has 2 aliphatic rings. The number of rotatable bonds is 7. The lowest BCUT2D eigenvalue weighted by atomic mass is 9.84. The second-order valence-electron chi connectivity index (χ2n) is 5.82. The maximum absolute atomic E-state index is 6.22. The second-order valence-corrected chi connectivity index (χ2v) is 6.38. The molecule has 5 unspecified atom stereocenters. The molecule has 2 aliphatic carbocycles. The van der Waals surface area contributed by atoms with Crippen molar-refractivity contribution in [3.8, 4) is 0 Å². The van der Waals surface area contributed by atoms with Gasteiger partial charge in [-0.05, 0) is 25.2 Å². The Morgan fingerprint density at radius 3 is 2.68 bits per heavy atom. The Bertz CT molecular complexity index is 262. The first-order chi connectivity index (χ1) is 9.24. The van der Waals surface area contributed by atoms with Crippen molar-refractivity contribution in [1.82, 2.24) is 0 Å². The van der Waals surface area contributed by atoms with Gasteiger partial charge in [0.15, 0.2) is 0 Å². The Kier molecular flexibility index (Phi) is 6.40. The molecule has 0 spiro atoms. The van der Waals surface area contributed by atoms with Crippen LogP contribution in [-0.2, 0) is 14.2 Å². The second kappa shape index (κ2) is 7.82. The van der Waals surface area contributed by atoms with Gasteiger partial charge >= 0.3 is 0 Å². The normalized spacial score (nSPS) is 39.0. The van der Waals surface area contributed by atoms with Crippen LogP contribution in [0.2, 0.25) is 0 Å².